The first-order valence-corrected chi connectivity index (χ1v) is 28.8. The van der Waals surface area contributed by atoms with E-state index in [0.29, 0.717) is 38.8 Å². The molecule has 404 valence electrons. The molecule has 0 heterocycles. The summed E-state index contributed by atoms with van der Waals surface area (Å²) in [6, 6.07) is 15.4. The van der Waals surface area contributed by atoms with E-state index >= 15 is 9.59 Å². The number of ether oxygens (including phenoxy) is 1. The summed E-state index contributed by atoms with van der Waals surface area (Å²) in [6.45, 7) is 21.4. The number of hydrogen-bond donors (Lipinski definition) is 5. The lowest BCUT2D eigenvalue weighted by Crippen LogP contribution is -2.58. The van der Waals surface area contributed by atoms with E-state index in [1.807, 2.05) is 42.5 Å². The zero-order chi connectivity index (χ0) is 53.4. The number of nitrogens with one attached hydrogen (secondary N) is 1. The van der Waals surface area contributed by atoms with Gasteiger partial charge >= 0.3 is 0 Å². The van der Waals surface area contributed by atoms with E-state index in [4.69, 9.17) is 30.0 Å². The Bertz CT molecular complexity index is 1820. The standard InChI is InChI=1S/C57H97N5O5S4/c1-14-62(15-2)38-67-47-28-26-46(27-29-47)35-48(70)30-23-42(7)34-53(61(13)57(66)52(33-41(6)22-25-44(9)69)60(12)55(64)50(58-10)31-39(3)4)56(65)59(11)51(32-40(5)21-24-43(8)68)54(63)37-49(71)36-45-19-17-16-18-20-45/h16-20,26-29,39-44,48-53,58,68-71H,14-15,21-25,30-38H2,1-13H3/t40?,41?,42?,43?,44?,48?,49?,50-,51?,52-,53-/m0/s1. The second-order valence-electron chi connectivity index (χ2n) is 21.4. The minimum Gasteiger partial charge on any atom is -0.478 e. The first-order chi connectivity index (χ1) is 33.5. The van der Waals surface area contributed by atoms with Crippen molar-refractivity contribution in [2.24, 2.45) is 23.7 Å². The lowest BCUT2D eigenvalue weighted by atomic mass is 9.89. The Kier molecular flexibility index (Phi) is 31.2. The number of amides is 3. The molecular formula is C57H97N5O5S4. The third-order valence-electron chi connectivity index (χ3n) is 14.2. The molecule has 0 saturated carbocycles. The third kappa shape index (κ3) is 24.2. The number of nitrogens with zero attached hydrogens (tertiary/aromatic N) is 4. The van der Waals surface area contributed by atoms with Gasteiger partial charge in [0.2, 0.25) is 17.7 Å². The van der Waals surface area contributed by atoms with Gasteiger partial charge in [0, 0.05) is 38.1 Å². The van der Waals surface area contributed by atoms with Crippen LogP contribution < -0.4 is 10.1 Å². The summed E-state index contributed by atoms with van der Waals surface area (Å²) in [7, 11) is 6.97. The molecule has 0 aromatic heterocycles. The van der Waals surface area contributed by atoms with Gasteiger partial charge in [-0.05, 0) is 155 Å². The summed E-state index contributed by atoms with van der Waals surface area (Å²) in [5, 5.41) is 3.44. The highest BCUT2D eigenvalue weighted by Gasteiger charge is 2.41. The van der Waals surface area contributed by atoms with Crippen molar-refractivity contribution < 1.29 is 23.9 Å². The summed E-state index contributed by atoms with van der Waals surface area (Å²) >= 11 is 19.2. The molecule has 3 amide bonds. The number of rotatable bonds is 36. The lowest BCUT2D eigenvalue weighted by Gasteiger charge is -2.40. The Morgan fingerprint density at radius 1 is 0.549 bits per heavy atom. The Labute approximate surface area is 454 Å². The molecule has 11 atom stereocenters. The Balaban J connectivity index is 2.56. The summed E-state index contributed by atoms with van der Waals surface area (Å²) in [4.78, 5) is 66.7. The maximum atomic E-state index is 15.4. The predicted molar refractivity (Wildman–Crippen MR) is 312 cm³/mol. The Morgan fingerprint density at radius 3 is 1.45 bits per heavy atom. The van der Waals surface area contributed by atoms with Gasteiger partial charge in [0.15, 0.2) is 5.78 Å². The van der Waals surface area contributed by atoms with Crippen LogP contribution in [0.4, 0.5) is 0 Å². The first kappa shape index (κ1) is 64.8. The number of likely N-dealkylation sites (N-methyl/N-ethyl adjacent to an activating group) is 4. The van der Waals surface area contributed by atoms with E-state index in [9.17, 15) is 9.59 Å². The third-order valence-corrected chi connectivity index (χ3v) is 15.5. The van der Waals surface area contributed by atoms with Gasteiger partial charge in [0.25, 0.3) is 0 Å². The molecule has 10 nitrogen and oxygen atoms in total. The summed E-state index contributed by atoms with van der Waals surface area (Å²) in [5.41, 5.74) is 2.27. The zero-order valence-electron chi connectivity index (χ0n) is 46.1. The van der Waals surface area contributed by atoms with Crippen molar-refractivity contribution in [3.05, 3.63) is 65.7 Å². The maximum Gasteiger partial charge on any atom is 0.245 e. The minimum atomic E-state index is -0.890. The molecule has 14 heteroatoms. The molecule has 0 aliphatic heterocycles. The summed E-state index contributed by atoms with van der Waals surface area (Å²) in [5.74, 6) is 0.613. The molecule has 0 aliphatic carbocycles. The quantitative estimate of drug-likeness (QED) is 0.0342. The fraction of sp³-hybridized carbons (Fsp3) is 0.719. The predicted octanol–water partition coefficient (Wildman–Crippen LogP) is 10.9. The number of carbonyl (C=O) groups excluding carboxylic acids is 4. The van der Waals surface area contributed by atoms with Crippen LogP contribution in [0.3, 0.4) is 0 Å². The second-order valence-corrected chi connectivity index (χ2v) is 24.6. The molecular weight excluding hydrogens is 963 g/mol. The van der Waals surface area contributed by atoms with E-state index < -0.39 is 24.2 Å². The first-order valence-electron chi connectivity index (χ1n) is 26.7. The van der Waals surface area contributed by atoms with Crippen LogP contribution in [0.5, 0.6) is 5.75 Å². The molecule has 71 heavy (non-hydrogen) atoms. The van der Waals surface area contributed by atoms with Gasteiger partial charge in [-0.2, -0.15) is 50.5 Å². The molecule has 0 saturated heterocycles. The topological polar surface area (TPSA) is 102 Å². The fourth-order valence-electron chi connectivity index (χ4n) is 9.36. The van der Waals surface area contributed by atoms with E-state index in [2.05, 4.69) is 110 Å². The summed E-state index contributed by atoms with van der Waals surface area (Å²) < 4.78 is 6.01. The van der Waals surface area contributed by atoms with Crippen molar-refractivity contribution in [3.8, 4) is 5.75 Å². The maximum absolute atomic E-state index is 15.4. The molecule has 0 aliphatic rings. The van der Waals surface area contributed by atoms with Gasteiger partial charge < -0.3 is 24.8 Å². The van der Waals surface area contributed by atoms with Crippen LogP contribution >= 0.6 is 50.5 Å². The SMILES string of the molecule is CCN(CC)COc1ccc(CC(S)CCC(C)C[C@@H](C(=O)N(C)C(CC(C)CCC(C)S)C(=O)CC(S)Cc2ccccc2)N(C)C(=O)[C@H](CC(C)CCC(C)S)N(C)C(=O)[C@H](CC(C)C)NC)cc1. The van der Waals surface area contributed by atoms with Gasteiger partial charge in [-0.25, -0.2) is 0 Å². The molecule has 0 radical (unpaired) electrons. The Hall–Kier alpha value is -2.36. The highest BCUT2D eigenvalue weighted by atomic mass is 32.1. The molecule has 2 rings (SSSR count). The number of carbonyl (C=O) groups is 4. The molecule has 0 fully saturated rings. The highest BCUT2D eigenvalue weighted by Crippen LogP contribution is 2.29. The average Bonchev–Trinajstić information content (AvgIpc) is 3.33. The van der Waals surface area contributed by atoms with Crippen LogP contribution in [0.15, 0.2) is 54.6 Å². The number of ketones is 1. The van der Waals surface area contributed by atoms with Crippen LogP contribution in [0.2, 0.25) is 0 Å². The van der Waals surface area contributed by atoms with E-state index in [1.165, 1.54) is 5.56 Å². The monoisotopic (exact) mass is 1060 g/mol. The number of Topliss-reactive ketones (excluding diaryl/α,β-unsaturated/α-hetero) is 1. The number of hydrogen-bond acceptors (Lipinski definition) is 11. The smallest absolute Gasteiger partial charge is 0.245 e. The van der Waals surface area contributed by atoms with E-state index in [-0.39, 0.29) is 74.6 Å². The van der Waals surface area contributed by atoms with Crippen LogP contribution in [-0.4, -0.2) is 136 Å². The largest absolute Gasteiger partial charge is 0.478 e. The van der Waals surface area contributed by atoms with Crippen molar-refractivity contribution in [2.75, 3.05) is 48.0 Å². The van der Waals surface area contributed by atoms with E-state index in [1.54, 1.807) is 42.9 Å². The van der Waals surface area contributed by atoms with Crippen molar-refractivity contribution in [3.63, 3.8) is 0 Å². The molecule has 2 aromatic rings. The minimum absolute atomic E-state index is 0.0177. The average molecular weight is 1060 g/mol. The Morgan fingerprint density at radius 2 is 0.986 bits per heavy atom. The van der Waals surface area contributed by atoms with E-state index in [0.717, 1.165) is 69.3 Å². The van der Waals surface area contributed by atoms with Crippen LogP contribution in [0, 0.1) is 23.7 Å². The van der Waals surface area contributed by atoms with Gasteiger partial charge in [-0.1, -0.05) is 105 Å². The number of benzene rings is 2. The normalized spacial score (nSPS) is 16.5. The summed E-state index contributed by atoms with van der Waals surface area (Å²) in [6.07, 6.45) is 8.55. The molecule has 0 bridgehead atoms. The van der Waals surface area contributed by atoms with Crippen LogP contribution in [-0.2, 0) is 32.0 Å². The molecule has 0 spiro atoms. The van der Waals surface area contributed by atoms with Crippen LogP contribution in [0.25, 0.3) is 0 Å². The highest BCUT2D eigenvalue weighted by molar-refractivity contribution is 7.81. The van der Waals surface area contributed by atoms with Gasteiger partial charge in [-0.3, -0.25) is 24.1 Å². The second kappa shape index (κ2) is 34.3. The van der Waals surface area contributed by atoms with Gasteiger partial charge in [-0.15, -0.1) is 0 Å². The van der Waals surface area contributed by atoms with Gasteiger partial charge in [0.1, 0.15) is 24.6 Å². The van der Waals surface area contributed by atoms with Crippen molar-refractivity contribution in [1.82, 2.24) is 24.9 Å². The van der Waals surface area contributed by atoms with Gasteiger partial charge in [0.05, 0.1) is 12.1 Å². The fourth-order valence-corrected chi connectivity index (χ4v) is 10.4. The molecule has 1 N–H and O–H groups in total. The van der Waals surface area contributed by atoms with Crippen molar-refractivity contribution >= 4 is 74.0 Å². The van der Waals surface area contributed by atoms with Crippen molar-refractivity contribution in [1.29, 1.82) is 0 Å². The number of thiol groups is 4. The van der Waals surface area contributed by atoms with Crippen LogP contribution in [0.1, 0.15) is 144 Å². The zero-order valence-corrected chi connectivity index (χ0v) is 49.6. The van der Waals surface area contributed by atoms with Crippen molar-refractivity contribution in [2.45, 2.75) is 191 Å². The molecule has 8 unspecified atom stereocenters. The lowest BCUT2D eigenvalue weighted by molar-refractivity contribution is -0.153. The molecule has 2 aromatic carbocycles.